The van der Waals surface area contributed by atoms with Crippen LogP contribution in [0.25, 0.3) is 22.2 Å². The molecule has 0 bridgehead atoms. The van der Waals surface area contributed by atoms with Gasteiger partial charge < -0.3 is 10.0 Å². The van der Waals surface area contributed by atoms with E-state index in [1.54, 1.807) is 0 Å². The Bertz CT molecular complexity index is 1070. The molecule has 0 aliphatic rings. The summed E-state index contributed by atoms with van der Waals surface area (Å²) in [5, 5.41) is 13.8. The van der Waals surface area contributed by atoms with Crippen molar-refractivity contribution in [1.82, 2.24) is 9.88 Å². The van der Waals surface area contributed by atoms with Crippen LogP contribution < -0.4 is 0 Å². The molecule has 0 radical (unpaired) electrons. The number of hydrogen-bond donors (Lipinski definition) is 1. The van der Waals surface area contributed by atoms with Crippen molar-refractivity contribution >= 4 is 34.1 Å². The fourth-order valence-corrected chi connectivity index (χ4v) is 5.50. The SMILES string of the molecule is CCCCCCCCN(CCCCCCCC)C[C@H](O)c1cc(-c2ccc(Cl)cc2)nc2c(Cl)cccc12. The first kappa shape index (κ1) is 30.9. The van der Waals surface area contributed by atoms with Crippen LogP contribution in [0.3, 0.4) is 0 Å². The summed E-state index contributed by atoms with van der Waals surface area (Å²) in [5.74, 6) is 0. The quantitative estimate of drug-likeness (QED) is 0.158. The van der Waals surface area contributed by atoms with E-state index in [1.807, 2.05) is 48.5 Å². The molecule has 1 aromatic heterocycles. The topological polar surface area (TPSA) is 36.4 Å². The predicted molar refractivity (Wildman–Crippen MR) is 165 cm³/mol. The average molecular weight is 558 g/mol. The molecule has 0 saturated heterocycles. The number of halogens is 2. The fourth-order valence-electron chi connectivity index (χ4n) is 5.15. The highest BCUT2D eigenvalue weighted by molar-refractivity contribution is 6.35. The minimum absolute atomic E-state index is 0.600. The largest absolute Gasteiger partial charge is 0.387 e. The van der Waals surface area contributed by atoms with Gasteiger partial charge >= 0.3 is 0 Å². The lowest BCUT2D eigenvalue weighted by Gasteiger charge is -2.26. The van der Waals surface area contributed by atoms with Crippen molar-refractivity contribution in [3.8, 4) is 11.3 Å². The zero-order valence-corrected chi connectivity index (χ0v) is 24.9. The number of hydrogen-bond acceptors (Lipinski definition) is 3. The van der Waals surface area contributed by atoms with Gasteiger partial charge in [-0.1, -0.05) is 126 Å². The molecule has 0 saturated carbocycles. The Balaban J connectivity index is 1.77. The van der Waals surface area contributed by atoms with Crippen molar-refractivity contribution < 1.29 is 5.11 Å². The molecule has 0 aliphatic heterocycles. The fraction of sp³-hybridized carbons (Fsp3) is 0.545. The molecule has 0 aliphatic carbocycles. The highest BCUT2D eigenvalue weighted by atomic mass is 35.5. The lowest BCUT2D eigenvalue weighted by molar-refractivity contribution is 0.111. The van der Waals surface area contributed by atoms with Gasteiger partial charge in [-0.2, -0.15) is 0 Å². The van der Waals surface area contributed by atoms with Crippen molar-refractivity contribution in [2.45, 2.75) is 97.0 Å². The number of para-hydroxylation sites is 1. The van der Waals surface area contributed by atoms with E-state index in [-0.39, 0.29) is 0 Å². The van der Waals surface area contributed by atoms with E-state index in [0.717, 1.165) is 40.8 Å². The second-order valence-electron chi connectivity index (χ2n) is 10.6. The Kier molecular flexibility index (Phi) is 13.9. The lowest BCUT2D eigenvalue weighted by Crippen LogP contribution is -2.31. The third kappa shape index (κ3) is 9.83. The number of aromatic nitrogens is 1. The van der Waals surface area contributed by atoms with E-state index < -0.39 is 6.10 Å². The molecule has 3 nitrogen and oxygen atoms in total. The highest BCUT2D eigenvalue weighted by Crippen LogP contribution is 2.33. The highest BCUT2D eigenvalue weighted by Gasteiger charge is 2.19. The second-order valence-corrected chi connectivity index (χ2v) is 11.4. The number of aliphatic hydroxyl groups is 1. The van der Waals surface area contributed by atoms with Crippen molar-refractivity contribution in [1.29, 1.82) is 0 Å². The summed E-state index contributed by atoms with van der Waals surface area (Å²) in [4.78, 5) is 7.34. The van der Waals surface area contributed by atoms with Gasteiger partial charge in [0.2, 0.25) is 0 Å². The molecule has 0 unspecified atom stereocenters. The molecule has 3 rings (SSSR count). The Labute approximate surface area is 240 Å². The average Bonchev–Trinajstić information content (AvgIpc) is 2.92. The van der Waals surface area contributed by atoms with Crippen LogP contribution in [-0.2, 0) is 0 Å². The van der Waals surface area contributed by atoms with Gasteiger partial charge in [-0.15, -0.1) is 0 Å². The molecule has 0 spiro atoms. The van der Waals surface area contributed by atoms with E-state index in [2.05, 4.69) is 18.7 Å². The molecule has 3 aromatic rings. The van der Waals surface area contributed by atoms with Crippen LogP contribution in [0.1, 0.15) is 103 Å². The normalized spacial score (nSPS) is 12.5. The van der Waals surface area contributed by atoms with E-state index >= 15 is 0 Å². The van der Waals surface area contributed by atoms with E-state index in [0.29, 0.717) is 16.6 Å². The maximum Gasteiger partial charge on any atom is 0.0924 e. The van der Waals surface area contributed by atoms with Gasteiger partial charge in [0.25, 0.3) is 0 Å². The summed E-state index contributed by atoms with van der Waals surface area (Å²) in [6.07, 6.45) is 14.7. The zero-order valence-electron chi connectivity index (χ0n) is 23.4. The summed E-state index contributed by atoms with van der Waals surface area (Å²) in [5.41, 5.74) is 3.38. The minimum atomic E-state index is -0.620. The van der Waals surface area contributed by atoms with Gasteiger partial charge in [0, 0.05) is 22.5 Å². The van der Waals surface area contributed by atoms with Crippen molar-refractivity contribution in [3.05, 3.63) is 64.1 Å². The number of benzene rings is 2. The van der Waals surface area contributed by atoms with Crippen molar-refractivity contribution in [2.24, 2.45) is 0 Å². The minimum Gasteiger partial charge on any atom is -0.387 e. The zero-order chi connectivity index (χ0) is 27.2. The summed E-state index contributed by atoms with van der Waals surface area (Å²) in [6.45, 7) is 7.21. The van der Waals surface area contributed by atoms with Crippen LogP contribution in [0.2, 0.25) is 10.0 Å². The van der Waals surface area contributed by atoms with Crippen LogP contribution in [-0.4, -0.2) is 34.6 Å². The Morgan fingerprint density at radius 3 is 1.95 bits per heavy atom. The number of aliphatic hydroxyl groups excluding tert-OH is 1. The maximum absolute atomic E-state index is 11.6. The lowest BCUT2D eigenvalue weighted by atomic mass is 9.99. The molecule has 0 fully saturated rings. The molecule has 2 aromatic carbocycles. The van der Waals surface area contributed by atoms with Crippen LogP contribution in [0.15, 0.2) is 48.5 Å². The third-order valence-corrected chi connectivity index (χ3v) is 7.97. The van der Waals surface area contributed by atoms with Crippen LogP contribution in [0.5, 0.6) is 0 Å². The molecular weight excluding hydrogens is 511 g/mol. The standard InChI is InChI=1S/C33H46Cl2N2O/c1-3-5-7-9-11-13-22-37(23-14-12-10-8-6-4-2)25-32(38)29-24-31(26-18-20-27(34)21-19-26)36-33-28(29)16-15-17-30(33)35/h15-21,24,32,38H,3-14,22-23,25H2,1-2H3/t32-/m0/s1. The third-order valence-electron chi connectivity index (χ3n) is 7.41. The Morgan fingerprint density at radius 2 is 1.34 bits per heavy atom. The first-order valence-electron chi connectivity index (χ1n) is 14.8. The van der Waals surface area contributed by atoms with E-state index in [4.69, 9.17) is 28.2 Å². The van der Waals surface area contributed by atoms with Gasteiger partial charge in [0.05, 0.1) is 22.3 Å². The second kappa shape index (κ2) is 17.1. The van der Waals surface area contributed by atoms with Gasteiger partial charge in [0.1, 0.15) is 0 Å². The molecule has 1 heterocycles. The number of nitrogens with zero attached hydrogens (tertiary/aromatic N) is 2. The Hall–Kier alpha value is -1.65. The van der Waals surface area contributed by atoms with Gasteiger partial charge in [0.15, 0.2) is 0 Å². The van der Waals surface area contributed by atoms with Crippen molar-refractivity contribution in [2.75, 3.05) is 19.6 Å². The van der Waals surface area contributed by atoms with Gasteiger partial charge in [-0.05, 0) is 55.8 Å². The summed E-state index contributed by atoms with van der Waals surface area (Å²) in [6, 6.07) is 15.5. The molecule has 1 atom stereocenters. The number of unbranched alkanes of at least 4 members (excludes halogenated alkanes) is 10. The molecular formula is C33H46Cl2N2O. The van der Waals surface area contributed by atoms with Gasteiger partial charge in [-0.25, -0.2) is 4.98 Å². The summed E-state index contributed by atoms with van der Waals surface area (Å²) < 4.78 is 0. The molecule has 1 N–H and O–H groups in total. The van der Waals surface area contributed by atoms with E-state index in [1.165, 1.54) is 77.0 Å². The molecule has 208 valence electrons. The van der Waals surface area contributed by atoms with Crippen molar-refractivity contribution in [3.63, 3.8) is 0 Å². The van der Waals surface area contributed by atoms with Crippen LogP contribution in [0.4, 0.5) is 0 Å². The predicted octanol–water partition coefficient (Wildman–Crippen LogP) is 10.3. The monoisotopic (exact) mass is 556 g/mol. The van der Waals surface area contributed by atoms with Crippen LogP contribution >= 0.6 is 23.2 Å². The summed E-state index contributed by atoms with van der Waals surface area (Å²) >= 11 is 12.7. The number of fused-ring (bicyclic) bond motifs is 1. The molecule has 38 heavy (non-hydrogen) atoms. The molecule has 0 amide bonds. The smallest absolute Gasteiger partial charge is 0.0924 e. The first-order valence-corrected chi connectivity index (χ1v) is 15.5. The number of pyridine rings is 1. The maximum atomic E-state index is 11.6. The number of rotatable bonds is 18. The van der Waals surface area contributed by atoms with E-state index in [9.17, 15) is 5.11 Å². The molecule has 5 heteroatoms. The first-order chi connectivity index (χ1) is 18.5. The summed E-state index contributed by atoms with van der Waals surface area (Å²) in [7, 11) is 0. The Morgan fingerprint density at radius 1 is 0.763 bits per heavy atom. The van der Waals surface area contributed by atoms with Gasteiger partial charge in [-0.3, -0.25) is 0 Å². The van der Waals surface area contributed by atoms with Crippen LogP contribution in [0, 0.1) is 0 Å².